The molecule has 0 bridgehead atoms. The standard InChI is InChI=1S/C15H25N3/c1-12(13-5-3-2-4-6-13)17-10-15-9-16-11-18(15)14-7-8-14/h9,11-14,17H,2-8,10H2,1H3/t12-/m1/s1. The maximum atomic E-state index is 4.30. The quantitative estimate of drug-likeness (QED) is 0.865. The number of hydrogen-bond acceptors (Lipinski definition) is 2. The summed E-state index contributed by atoms with van der Waals surface area (Å²) in [7, 11) is 0. The molecule has 0 radical (unpaired) electrons. The largest absolute Gasteiger partial charge is 0.330 e. The van der Waals surface area contributed by atoms with Gasteiger partial charge in [-0.15, -0.1) is 0 Å². The minimum Gasteiger partial charge on any atom is -0.330 e. The Bertz CT molecular complexity index is 375. The third-order valence-corrected chi connectivity index (χ3v) is 4.65. The van der Waals surface area contributed by atoms with E-state index in [9.17, 15) is 0 Å². The van der Waals surface area contributed by atoms with Crippen LogP contribution in [-0.4, -0.2) is 15.6 Å². The van der Waals surface area contributed by atoms with E-state index in [1.165, 1.54) is 50.6 Å². The highest BCUT2D eigenvalue weighted by Gasteiger charge is 2.25. The summed E-state index contributed by atoms with van der Waals surface area (Å²) in [6, 6.07) is 1.39. The molecule has 1 atom stereocenters. The summed E-state index contributed by atoms with van der Waals surface area (Å²) in [5.74, 6) is 0.885. The van der Waals surface area contributed by atoms with E-state index in [0.717, 1.165) is 18.5 Å². The molecule has 0 aliphatic heterocycles. The number of hydrogen-bond donors (Lipinski definition) is 1. The van der Waals surface area contributed by atoms with Gasteiger partial charge in [-0.2, -0.15) is 0 Å². The molecule has 3 nitrogen and oxygen atoms in total. The van der Waals surface area contributed by atoms with Crippen molar-refractivity contribution in [2.24, 2.45) is 5.92 Å². The minimum atomic E-state index is 0.646. The molecule has 3 heteroatoms. The van der Waals surface area contributed by atoms with E-state index in [1.54, 1.807) is 0 Å². The van der Waals surface area contributed by atoms with Crippen molar-refractivity contribution in [1.29, 1.82) is 0 Å². The fourth-order valence-electron chi connectivity index (χ4n) is 3.22. The molecule has 0 aromatic carbocycles. The van der Waals surface area contributed by atoms with Crippen molar-refractivity contribution in [3.63, 3.8) is 0 Å². The van der Waals surface area contributed by atoms with Gasteiger partial charge >= 0.3 is 0 Å². The molecule has 2 aliphatic carbocycles. The van der Waals surface area contributed by atoms with E-state index in [2.05, 4.69) is 21.8 Å². The van der Waals surface area contributed by atoms with Gasteiger partial charge in [0.2, 0.25) is 0 Å². The van der Waals surface area contributed by atoms with Crippen molar-refractivity contribution in [1.82, 2.24) is 14.9 Å². The Labute approximate surface area is 110 Å². The highest BCUT2D eigenvalue weighted by Crippen LogP contribution is 2.35. The number of aromatic nitrogens is 2. The average Bonchev–Trinajstić information content (AvgIpc) is 3.16. The summed E-state index contributed by atoms with van der Waals surface area (Å²) in [5, 5.41) is 3.72. The fourth-order valence-corrected chi connectivity index (χ4v) is 3.22. The first-order chi connectivity index (χ1) is 8.84. The zero-order chi connectivity index (χ0) is 12.4. The normalized spacial score (nSPS) is 23.2. The van der Waals surface area contributed by atoms with Crippen LogP contribution in [0.5, 0.6) is 0 Å². The van der Waals surface area contributed by atoms with Gasteiger partial charge in [0.15, 0.2) is 0 Å². The molecule has 0 spiro atoms. The van der Waals surface area contributed by atoms with Crippen molar-refractivity contribution >= 4 is 0 Å². The lowest BCUT2D eigenvalue weighted by Crippen LogP contribution is -2.34. The number of nitrogens with one attached hydrogen (secondary N) is 1. The maximum absolute atomic E-state index is 4.30. The number of nitrogens with zero attached hydrogens (tertiary/aromatic N) is 2. The van der Waals surface area contributed by atoms with Crippen molar-refractivity contribution in [2.45, 2.75) is 70.5 Å². The van der Waals surface area contributed by atoms with Gasteiger partial charge in [0.05, 0.1) is 12.0 Å². The zero-order valence-electron chi connectivity index (χ0n) is 11.4. The van der Waals surface area contributed by atoms with Crippen molar-refractivity contribution in [2.75, 3.05) is 0 Å². The molecule has 1 N–H and O–H groups in total. The second kappa shape index (κ2) is 5.43. The molecule has 1 aromatic heterocycles. The second-order valence-corrected chi connectivity index (χ2v) is 6.09. The van der Waals surface area contributed by atoms with Gasteiger partial charge in [-0.3, -0.25) is 0 Å². The molecule has 1 heterocycles. The molecule has 2 aliphatic rings. The third kappa shape index (κ3) is 2.77. The molecule has 0 amide bonds. The lowest BCUT2D eigenvalue weighted by molar-refractivity contribution is 0.279. The number of rotatable bonds is 5. The summed E-state index contributed by atoms with van der Waals surface area (Å²) < 4.78 is 2.36. The Morgan fingerprint density at radius 3 is 2.78 bits per heavy atom. The molecule has 3 rings (SSSR count). The molecule has 1 aromatic rings. The van der Waals surface area contributed by atoms with E-state index >= 15 is 0 Å². The first-order valence-electron chi connectivity index (χ1n) is 7.58. The summed E-state index contributed by atoms with van der Waals surface area (Å²) in [6.45, 7) is 3.34. The lowest BCUT2D eigenvalue weighted by Gasteiger charge is -2.28. The Balaban J connectivity index is 1.51. The monoisotopic (exact) mass is 247 g/mol. The highest BCUT2D eigenvalue weighted by atomic mass is 15.1. The van der Waals surface area contributed by atoms with Gasteiger partial charge in [0, 0.05) is 24.8 Å². The summed E-state index contributed by atoms with van der Waals surface area (Å²) in [4.78, 5) is 4.30. The van der Waals surface area contributed by atoms with Crippen LogP contribution in [-0.2, 0) is 6.54 Å². The molecular formula is C15H25N3. The Morgan fingerprint density at radius 1 is 1.28 bits per heavy atom. The van der Waals surface area contributed by atoms with Crippen molar-refractivity contribution in [3.05, 3.63) is 18.2 Å². The highest BCUT2D eigenvalue weighted by molar-refractivity contribution is 5.03. The van der Waals surface area contributed by atoms with Gasteiger partial charge in [0.25, 0.3) is 0 Å². The predicted octanol–water partition coefficient (Wildman–Crippen LogP) is 3.28. The van der Waals surface area contributed by atoms with Crippen LogP contribution in [0.1, 0.15) is 63.6 Å². The average molecular weight is 247 g/mol. The summed E-state index contributed by atoms with van der Waals surface area (Å²) in [6.07, 6.45) is 13.8. The molecular weight excluding hydrogens is 222 g/mol. The van der Waals surface area contributed by atoms with Crippen molar-refractivity contribution < 1.29 is 0 Å². The Morgan fingerprint density at radius 2 is 2.06 bits per heavy atom. The fraction of sp³-hybridized carbons (Fsp3) is 0.800. The number of imidazole rings is 1. The topological polar surface area (TPSA) is 29.9 Å². The van der Waals surface area contributed by atoms with Gasteiger partial charge in [-0.25, -0.2) is 4.98 Å². The van der Waals surface area contributed by atoms with E-state index in [1.807, 2.05) is 12.5 Å². The summed E-state index contributed by atoms with van der Waals surface area (Å²) >= 11 is 0. The van der Waals surface area contributed by atoms with Crippen LogP contribution < -0.4 is 5.32 Å². The SMILES string of the molecule is C[C@@H](NCc1cncn1C1CC1)C1CCCCC1. The van der Waals surface area contributed by atoms with E-state index in [0.29, 0.717) is 6.04 Å². The second-order valence-electron chi connectivity index (χ2n) is 6.09. The molecule has 18 heavy (non-hydrogen) atoms. The first kappa shape index (κ1) is 12.2. The first-order valence-corrected chi connectivity index (χ1v) is 7.58. The van der Waals surface area contributed by atoms with Crippen LogP contribution in [0.15, 0.2) is 12.5 Å². The van der Waals surface area contributed by atoms with Crippen LogP contribution in [0.3, 0.4) is 0 Å². The molecule has 100 valence electrons. The van der Waals surface area contributed by atoms with Crippen LogP contribution >= 0.6 is 0 Å². The van der Waals surface area contributed by atoms with Gasteiger partial charge in [-0.05, 0) is 38.5 Å². The van der Waals surface area contributed by atoms with Crippen LogP contribution in [0.4, 0.5) is 0 Å². The molecule has 2 fully saturated rings. The summed E-state index contributed by atoms with van der Waals surface area (Å²) in [5.41, 5.74) is 1.36. The predicted molar refractivity (Wildman–Crippen MR) is 73.4 cm³/mol. The van der Waals surface area contributed by atoms with E-state index in [-0.39, 0.29) is 0 Å². The van der Waals surface area contributed by atoms with Gasteiger partial charge < -0.3 is 9.88 Å². The zero-order valence-corrected chi connectivity index (χ0v) is 11.4. The van der Waals surface area contributed by atoms with Crippen molar-refractivity contribution in [3.8, 4) is 0 Å². The van der Waals surface area contributed by atoms with Crippen LogP contribution in [0.2, 0.25) is 0 Å². The molecule has 0 unspecified atom stereocenters. The van der Waals surface area contributed by atoms with Gasteiger partial charge in [0.1, 0.15) is 0 Å². The van der Waals surface area contributed by atoms with E-state index in [4.69, 9.17) is 0 Å². The Kier molecular flexibility index (Phi) is 3.69. The Hall–Kier alpha value is -0.830. The van der Waals surface area contributed by atoms with Crippen LogP contribution in [0, 0.1) is 5.92 Å². The maximum Gasteiger partial charge on any atom is 0.0951 e. The molecule has 2 saturated carbocycles. The lowest BCUT2D eigenvalue weighted by atomic mass is 9.84. The van der Waals surface area contributed by atoms with E-state index < -0.39 is 0 Å². The third-order valence-electron chi connectivity index (χ3n) is 4.65. The smallest absolute Gasteiger partial charge is 0.0951 e. The minimum absolute atomic E-state index is 0.646. The van der Waals surface area contributed by atoms with Gasteiger partial charge in [-0.1, -0.05) is 19.3 Å². The molecule has 0 saturated heterocycles. The van der Waals surface area contributed by atoms with Crippen LogP contribution in [0.25, 0.3) is 0 Å².